The lowest BCUT2D eigenvalue weighted by molar-refractivity contribution is 0.161. The Hall–Kier alpha value is -2.76. The Morgan fingerprint density at radius 3 is 2.91 bits per heavy atom. The minimum Gasteiger partial charge on any atom is -0.353 e. The summed E-state index contributed by atoms with van der Waals surface area (Å²) in [4.78, 5) is 16.0. The highest BCUT2D eigenvalue weighted by Crippen LogP contribution is 2.35. The number of aromatic nitrogens is 3. The Labute approximate surface area is 190 Å². The maximum atomic E-state index is 4.84. The Morgan fingerprint density at radius 2 is 1.97 bits per heavy atom. The molecule has 166 valence electrons. The third-order valence-corrected chi connectivity index (χ3v) is 6.76. The summed E-state index contributed by atoms with van der Waals surface area (Å²) in [5, 5.41) is 5.99. The third kappa shape index (κ3) is 4.27. The molecule has 1 aliphatic rings. The van der Waals surface area contributed by atoms with E-state index in [1.54, 1.807) is 0 Å². The zero-order valence-corrected chi connectivity index (χ0v) is 19.0. The van der Waals surface area contributed by atoms with Crippen molar-refractivity contribution >= 4 is 21.8 Å². The number of nitrogens with zero attached hydrogens (tertiary/aromatic N) is 3. The highest BCUT2D eigenvalue weighted by molar-refractivity contribution is 6.07. The molecule has 0 aliphatic heterocycles. The van der Waals surface area contributed by atoms with Crippen molar-refractivity contribution in [3.63, 3.8) is 0 Å². The number of rotatable bonds is 9. The number of para-hydroxylation sites is 1. The van der Waals surface area contributed by atoms with E-state index in [-0.39, 0.29) is 0 Å². The van der Waals surface area contributed by atoms with Crippen molar-refractivity contribution in [3.05, 3.63) is 71.8 Å². The van der Waals surface area contributed by atoms with Crippen LogP contribution in [0.4, 0.5) is 0 Å². The number of fused-ring (bicyclic) bond motifs is 4. The van der Waals surface area contributed by atoms with Gasteiger partial charge < -0.3 is 10.3 Å². The molecule has 0 fully saturated rings. The number of aromatic amines is 1. The van der Waals surface area contributed by atoms with Crippen LogP contribution in [0.3, 0.4) is 0 Å². The van der Waals surface area contributed by atoms with Gasteiger partial charge in [0, 0.05) is 35.2 Å². The zero-order valence-electron chi connectivity index (χ0n) is 19.0. The Balaban J connectivity index is 1.46. The highest BCUT2D eigenvalue weighted by atomic mass is 15.2. The lowest BCUT2D eigenvalue weighted by atomic mass is 9.90. The minimum atomic E-state index is 0.362. The molecule has 0 saturated heterocycles. The van der Waals surface area contributed by atoms with Crippen molar-refractivity contribution < 1.29 is 0 Å². The van der Waals surface area contributed by atoms with Crippen molar-refractivity contribution in [1.82, 2.24) is 25.2 Å². The molecule has 5 nitrogen and oxygen atoms in total. The van der Waals surface area contributed by atoms with Gasteiger partial charge in [-0.1, -0.05) is 31.2 Å². The number of H-pyrrole nitrogens is 1. The predicted octanol–water partition coefficient (Wildman–Crippen LogP) is 5.38. The molecule has 5 rings (SSSR count). The van der Waals surface area contributed by atoms with Crippen LogP contribution >= 0.6 is 0 Å². The number of pyridine rings is 2. The molecular weight excluding hydrogens is 394 g/mol. The number of hydrogen-bond donors (Lipinski definition) is 2. The summed E-state index contributed by atoms with van der Waals surface area (Å²) in [6, 6.07) is 15.4. The number of aryl methyl sites for hydroxylation is 1. The molecule has 0 bridgehead atoms. The maximum Gasteiger partial charge on any atom is 0.0784 e. The van der Waals surface area contributed by atoms with E-state index in [1.807, 2.05) is 12.4 Å². The summed E-state index contributed by atoms with van der Waals surface area (Å²) >= 11 is 0. The SMILES string of the molecule is CCNCCCCN(Cc1nccc2c1[nH]c1ccccc12)[C@H]1CCCc2cccnc21. The summed E-state index contributed by atoms with van der Waals surface area (Å²) in [7, 11) is 0. The average molecular weight is 428 g/mol. The van der Waals surface area contributed by atoms with Gasteiger partial charge in [-0.05, 0) is 75.5 Å². The summed E-state index contributed by atoms with van der Waals surface area (Å²) in [5.74, 6) is 0. The maximum absolute atomic E-state index is 4.84. The fourth-order valence-corrected chi connectivity index (χ4v) is 5.17. The summed E-state index contributed by atoms with van der Waals surface area (Å²) in [6.07, 6.45) is 9.82. The fourth-order valence-electron chi connectivity index (χ4n) is 5.17. The van der Waals surface area contributed by atoms with E-state index in [2.05, 4.69) is 64.6 Å². The summed E-state index contributed by atoms with van der Waals surface area (Å²) in [5.41, 5.74) is 6.17. The number of benzene rings is 1. The van der Waals surface area contributed by atoms with Crippen molar-refractivity contribution in [2.75, 3.05) is 19.6 Å². The van der Waals surface area contributed by atoms with E-state index in [1.165, 1.54) is 58.7 Å². The first kappa shape index (κ1) is 21.1. The second-order valence-corrected chi connectivity index (χ2v) is 8.84. The first-order valence-electron chi connectivity index (χ1n) is 12.1. The number of hydrogen-bond acceptors (Lipinski definition) is 4. The monoisotopic (exact) mass is 427 g/mol. The molecule has 0 unspecified atom stereocenters. The molecule has 32 heavy (non-hydrogen) atoms. The van der Waals surface area contributed by atoms with Crippen LogP contribution in [-0.4, -0.2) is 39.5 Å². The van der Waals surface area contributed by atoms with Crippen LogP contribution in [0.25, 0.3) is 21.8 Å². The Bertz CT molecular complexity index is 1180. The molecule has 5 heteroatoms. The Kier molecular flexibility index (Phi) is 6.46. The van der Waals surface area contributed by atoms with Gasteiger partial charge in [0.2, 0.25) is 0 Å². The summed E-state index contributed by atoms with van der Waals surface area (Å²) in [6.45, 7) is 6.19. The van der Waals surface area contributed by atoms with E-state index < -0.39 is 0 Å². The van der Waals surface area contributed by atoms with Crippen molar-refractivity contribution in [2.45, 2.75) is 51.6 Å². The topological polar surface area (TPSA) is 56.8 Å². The fraction of sp³-hybridized carbons (Fsp3) is 0.407. The van der Waals surface area contributed by atoms with Gasteiger partial charge in [0.05, 0.1) is 22.9 Å². The van der Waals surface area contributed by atoms with Gasteiger partial charge in [0.15, 0.2) is 0 Å². The van der Waals surface area contributed by atoms with E-state index in [4.69, 9.17) is 9.97 Å². The lowest BCUT2D eigenvalue weighted by Crippen LogP contribution is -2.33. The second-order valence-electron chi connectivity index (χ2n) is 8.84. The van der Waals surface area contributed by atoms with Gasteiger partial charge in [-0.25, -0.2) is 0 Å². The van der Waals surface area contributed by atoms with Crippen LogP contribution in [-0.2, 0) is 13.0 Å². The zero-order chi connectivity index (χ0) is 21.8. The van der Waals surface area contributed by atoms with Crippen LogP contribution in [0.2, 0.25) is 0 Å². The van der Waals surface area contributed by atoms with Crippen LogP contribution in [0.5, 0.6) is 0 Å². The molecular formula is C27H33N5. The molecule has 0 spiro atoms. The quantitative estimate of drug-likeness (QED) is 0.352. The second kappa shape index (κ2) is 9.80. The van der Waals surface area contributed by atoms with E-state index >= 15 is 0 Å². The largest absolute Gasteiger partial charge is 0.353 e. The van der Waals surface area contributed by atoms with Crippen LogP contribution < -0.4 is 5.32 Å². The van der Waals surface area contributed by atoms with Crippen molar-refractivity contribution in [1.29, 1.82) is 0 Å². The molecule has 1 aromatic carbocycles. The summed E-state index contributed by atoms with van der Waals surface area (Å²) < 4.78 is 0. The molecule has 1 aliphatic carbocycles. The molecule has 0 saturated carbocycles. The van der Waals surface area contributed by atoms with Crippen molar-refractivity contribution in [2.24, 2.45) is 0 Å². The molecule has 1 atom stereocenters. The molecule has 3 aromatic heterocycles. The van der Waals surface area contributed by atoms with Crippen LogP contribution in [0, 0.1) is 0 Å². The lowest BCUT2D eigenvalue weighted by Gasteiger charge is -2.35. The smallest absolute Gasteiger partial charge is 0.0784 e. The molecule has 2 N–H and O–H groups in total. The van der Waals surface area contributed by atoms with Gasteiger partial charge >= 0.3 is 0 Å². The molecule has 0 amide bonds. The number of unbranched alkanes of at least 4 members (excludes halogenated alkanes) is 1. The van der Waals surface area contributed by atoms with Crippen LogP contribution in [0.1, 0.15) is 55.6 Å². The van der Waals surface area contributed by atoms with Crippen LogP contribution in [0.15, 0.2) is 54.9 Å². The van der Waals surface area contributed by atoms with Gasteiger partial charge in [0.25, 0.3) is 0 Å². The average Bonchev–Trinajstić information content (AvgIpc) is 3.22. The first-order valence-corrected chi connectivity index (χ1v) is 12.1. The molecule has 3 heterocycles. The van der Waals surface area contributed by atoms with E-state index in [0.717, 1.165) is 38.3 Å². The molecule has 4 aromatic rings. The molecule has 0 radical (unpaired) electrons. The normalized spacial score (nSPS) is 16.1. The first-order chi connectivity index (χ1) is 15.8. The predicted molar refractivity (Wildman–Crippen MR) is 132 cm³/mol. The van der Waals surface area contributed by atoms with Gasteiger partial charge in [-0.3, -0.25) is 14.9 Å². The van der Waals surface area contributed by atoms with Crippen molar-refractivity contribution in [3.8, 4) is 0 Å². The standard InChI is InChI=1S/C27H33N5/c1-2-28-15-5-6-18-32(25-13-7-9-20-10-8-16-30-26(20)25)19-24-27-22(14-17-29-24)21-11-3-4-12-23(21)31-27/h3-4,8,10-12,14,16-17,25,28,31H,2,5-7,9,13,15,18-19H2,1H3/t25-/m0/s1. The van der Waals surface area contributed by atoms with E-state index in [0.29, 0.717) is 6.04 Å². The third-order valence-electron chi connectivity index (χ3n) is 6.76. The highest BCUT2D eigenvalue weighted by Gasteiger charge is 2.27. The minimum absolute atomic E-state index is 0.362. The number of nitrogens with one attached hydrogen (secondary N) is 2. The van der Waals surface area contributed by atoms with E-state index in [9.17, 15) is 0 Å². The van der Waals surface area contributed by atoms with Gasteiger partial charge in [-0.15, -0.1) is 0 Å². The van der Waals surface area contributed by atoms with Gasteiger partial charge in [-0.2, -0.15) is 0 Å². The Morgan fingerprint density at radius 1 is 1.03 bits per heavy atom. The van der Waals surface area contributed by atoms with Gasteiger partial charge in [0.1, 0.15) is 0 Å².